The molecule has 0 bridgehead atoms. The number of carbonyl (C=O) groups excluding carboxylic acids is 3. The minimum atomic E-state index is -2.32. The zero-order chi connectivity index (χ0) is 31.6. The number of carbonyl (C=O) groups is 3. The van der Waals surface area contributed by atoms with Crippen molar-refractivity contribution >= 4 is 35.3 Å². The van der Waals surface area contributed by atoms with Crippen molar-refractivity contribution in [3.63, 3.8) is 0 Å². The van der Waals surface area contributed by atoms with E-state index in [1.807, 2.05) is 0 Å². The van der Waals surface area contributed by atoms with Crippen molar-refractivity contribution in [2.75, 3.05) is 33.3 Å². The lowest BCUT2D eigenvalue weighted by molar-refractivity contribution is -0.192. The van der Waals surface area contributed by atoms with Crippen LogP contribution in [0.15, 0.2) is 66.7 Å². The van der Waals surface area contributed by atoms with E-state index in [0.29, 0.717) is 27.6 Å². The van der Waals surface area contributed by atoms with E-state index < -0.39 is 34.7 Å². The van der Waals surface area contributed by atoms with Crippen molar-refractivity contribution < 1.29 is 38.1 Å². The Morgan fingerprint density at radius 3 is 2.19 bits per heavy atom. The monoisotopic (exact) mass is 610 g/mol. The fourth-order valence-corrected chi connectivity index (χ4v) is 5.40. The molecule has 1 aliphatic rings. The molecule has 0 fully saturated rings. The van der Waals surface area contributed by atoms with Crippen LogP contribution < -0.4 is 19.7 Å². The molecule has 0 spiro atoms. The number of benzene rings is 3. The molecule has 11 heteroatoms. The zero-order valence-corrected chi connectivity index (χ0v) is 25.9. The van der Waals surface area contributed by atoms with Crippen LogP contribution in [0.5, 0.6) is 11.5 Å². The summed E-state index contributed by atoms with van der Waals surface area (Å²) in [4.78, 5) is 44.0. The number of nitrogens with zero attached hydrogens (tertiary/aromatic N) is 1. The number of alkyl carbamates (subject to hydrolysis) is 1. The van der Waals surface area contributed by atoms with E-state index in [1.54, 1.807) is 88.5 Å². The first-order valence-electron chi connectivity index (χ1n) is 13.4. The minimum absolute atomic E-state index is 0.153. The van der Waals surface area contributed by atoms with Gasteiger partial charge in [0.1, 0.15) is 5.60 Å². The fourth-order valence-electron chi connectivity index (χ4n) is 5.27. The number of amides is 2. The number of likely N-dealkylation sites (N-methyl/N-ethyl adjacent to an activating group) is 1. The van der Waals surface area contributed by atoms with Crippen molar-refractivity contribution in [3.05, 3.63) is 88.4 Å². The Hall–Kier alpha value is -4.28. The lowest BCUT2D eigenvalue weighted by Crippen LogP contribution is -2.69. The highest BCUT2D eigenvalue weighted by Crippen LogP contribution is 2.54. The summed E-state index contributed by atoms with van der Waals surface area (Å²) in [6, 6.07) is 18.3. The van der Waals surface area contributed by atoms with Crippen LogP contribution in [0, 0.1) is 0 Å². The van der Waals surface area contributed by atoms with Gasteiger partial charge in [-0.15, -0.1) is 0 Å². The Morgan fingerprint density at radius 1 is 0.930 bits per heavy atom. The Kier molecular flexibility index (Phi) is 8.94. The minimum Gasteiger partial charge on any atom is -0.493 e. The third-order valence-corrected chi connectivity index (χ3v) is 7.39. The largest absolute Gasteiger partial charge is 0.493 e. The van der Waals surface area contributed by atoms with Gasteiger partial charge in [0.05, 0.1) is 27.9 Å². The zero-order valence-electron chi connectivity index (χ0n) is 25.1. The lowest BCUT2D eigenvalue weighted by atomic mass is 9.70. The molecule has 10 nitrogen and oxygen atoms in total. The van der Waals surface area contributed by atoms with Gasteiger partial charge in [-0.2, -0.15) is 0 Å². The average Bonchev–Trinajstić information content (AvgIpc) is 3.19. The molecule has 3 aromatic carbocycles. The Labute approximate surface area is 255 Å². The molecule has 0 unspecified atom stereocenters. The van der Waals surface area contributed by atoms with Crippen LogP contribution in [0.2, 0.25) is 5.02 Å². The molecule has 4 rings (SSSR count). The standard InChI is InChI=1S/C32H35ClN2O8/c1-30(2,3)43-29(38)34-31(23-10-8-9-11-24(23)35(4)27(31)36)32(28(37)41-7,42-19-20-12-15-22(33)16-13-20)21-14-17-25(39-5)26(18-21)40-6/h8-18H,19H2,1-7H3,(H,34,38)/t31-,32+/m1/s1. The van der Waals surface area contributed by atoms with E-state index in [9.17, 15) is 14.4 Å². The number of rotatable bonds is 9. The molecule has 0 aromatic heterocycles. The molecular formula is C32H35ClN2O8. The Morgan fingerprint density at radius 2 is 1.58 bits per heavy atom. The SMILES string of the molecule is COC(=O)[C@@](OCc1ccc(Cl)cc1)(c1ccc(OC)c(OC)c1)[C@]1(NC(=O)OC(C)(C)C)C(=O)N(C)c2ccccc21. The number of methoxy groups -OCH3 is 3. The van der Waals surface area contributed by atoms with Gasteiger partial charge in [-0.1, -0.05) is 48.0 Å². The summed E-state index contributed by atoms with van der Waals surface area (Å²) in [5.41, 5.74) is -3.93. The predicted molar refractivity (Wildman–Crippen MR) is 160 cm³/mol. The highest BCUT2D eigenvalue weighted by Gasteiger charge is 2.70. The van der Waals surface area contributed by atoms with Crippen LogP contribution in [0.1, 0.15) is 37.5 Å². The summed E-state index contributed by atoms with van der Waals surface area (Å²) >= 11 is 6.11. The molecule has 3 aromatic rings. The second-order valence-electron chi connectivity index (χ2n) is 10.9. The molecule has 2 atom stereocenters. The number of nitrogens with one attached hydrogen (secondary N) is 1. The van der Waals surface area contributed by atoms with Gasteiger partial charge in [0.25, 0.3) is 5.91 Å². The van der Waals surface area contributed by atoms with E-state index in [2.05, 4.69) is 5.32 Å². The summed E-state index contributed by atoms with van der Waals surface area (Å²) in [7, 11) is 5.64. The van der Waals surface area contributed by atoms with Crippen molar-refractivity contribution in [2.24, 2.45) is 0 Å². The Bertz CT molecular complexity index is 1520. The van der Waals surface area contributed by atoms with Crippen molar-refractivity contribution in [1.29, 1.82) is 0 Å². The Balaban J connectivity index is 2.10. The molecule has 1 N–H and O–H groups in total. The van der Waals surface area contributed by atoms with Gasteiger partial charge in [0, 0.05) is 28.9 Å². The molecule has 0 saturated heterocycles. The molecule has 0 radical (unpaired) electrons. The van der Waals surface area contributed by atoms with Crippen molar-refractivity contribution in [1.82, 2.24) is 5.32 Å². The van der Waals surface area contributed by atoms with E-state index in [1.165, 1.54) is 32.3 Å². The molecule has 228 valence electrons. The summed E-state index contributed by atoms with van der Waals surface area (Å²) in [6.45, 7) is 4.88. The highest BCUT2D eigenvalue weighted by molar-refractivity contribution is 6.30. The first-order chi connectivity index (χ1) is 20.3. The van der Waals surface area contributed by atoms with Crippen molar-refractivity contribution in [3.8, 4) is 11.5 Å². The quantitative estimate of drug-likeness (QED) is 0.323. The third-order valence-electron chi connectivity index (χ3n) is 7.14. The summed E-state index contributed by atoms with van der Waals surface area (Å²) in [6.07, 6.45) is -0.949. The number of esters is 1. The number of halogens is 1. The molecule has 1 aliphatic heterocycles. The first kappa shape index (κ1) is 31.7. The molecule has 0 aliphatic carbocycles. The predicted octanol–water partition coefficient (Wildman–Crippen LogP) is 5.34. The van der Waals surface area contributed by atoms with Gasteiger partial charge in [-0.05, 0) is 56.7 Å². The molecule has 2 amide bonds. The van der Waals surface area contributed by atoms with Crippen LogP contribution in [-0.2, 0) is 41.5 Å². The number of para-hydroxylation sites is 1. The molecular weight excluding hydrogens is 576 g/mol. The average molecular weight is 611 g/mol. The van der Waals surface area contributed by atoms with Gasteiger partial charge in [-0.25, -0.2) is 9.59 Å². The summed E-state index contributed by atoms with van der Waals surface area (Å²) in [5, 5.41) is 3.29. The van der Waals surface area contributed by atoms with Crippen LogP contribution in [0.25, 0.3) is 0 Å². The number of hydrogen-bond acceptors (Lipinski definition) is 8. The van der Waals surface area contributed by atoms with Gasteiger partial charge in [0.2, 0.25) is 5.60 Å². The van der Waals surface area contributed by atoms with Gasteiger partial charge in [0.15, 0.2) is 17.0 Å². The number of anilines is 1. The topological polar surface area (TPSA) is 113 Å². The van der Waals surface area contributed by atoms with Gasteiger partial charge >= 0.3 is 12.1 Å². The maximum atomic E-state index is 14.7. The van der Waals surface area contributed by atoms with Crippen LogP contribution >= 0.6 is 11.6 Å². The van der Waals surface area contributed by atoms with Gasteiger partial charge < -0.3 is 28.6 Å². The highest BCUT2D eigenvalue weighted by atomic mass is 35.5. The second-order valence-corrected chi connectivity index (χ2v) is 11.4. The number of hydrogen-bond donors (Lipinski definition) is 1. The smallest absolute Gasteiger partial charge is 0.408 e. The first-order valence-corrected chi connectivity index (χ1v) is 13.8. The third kappa shape index (κ3) is 5.60. The van der Waals surface area contributed by atoms with E-state index in [0.717, 1.165) is 0 Å². The summed E-state index contributed by atoms with van der Waals surface area (Å²) < 4.78 is 28.7. The number of ether oxygens (including phenoxy) is 5. The maximum absolute atomic E-state index is 14.7. The normalized spacial score (nSPS) is 17.5. The summed E-state index contributed by atoms with van der Waals surface area (Å²) in [5.74, 6) is -0.992. The van der Waals surface area contributed by atoms with E-state index in [-0.39, 0.29) is 17.9 Å². The second kappa shape index (κ2) is 12.1. The van der Waals surface area contributed by atoms with E-state index >= 15 is 0 Å². The van der Waals surface area contributed by atoms with Gasteiger partial charge in [-0.3, -0.25) is 10.1 Å². The van der Waals surface area contributed by atoms with Crippen molar-refractivity contribution in [2.45, 2.75) is 44.1 Å². The van der Waals surface area contributed by atoms with Crippen LogP contribution in [0.4, 0.5) is 10.5 Å². The molecule has 43 heavy (non-hydrogen) atoms. The maximum Gasteiger partial charge on any atom is 0.408 e. The molecule has 1 heterocycles. The van der Waals surface area contributed by atoms with E-state index in [4.69, 9.17) is 35.3 Å². The fraction of sp³-hybridized carbons (Fsp3) is 0.344. The van der Waals surface area contributed by atoms with Crippen LogP contribution in [-0.4, -0.2) is 51.9 Å². The number of fused-ring (bicyclic) bond motifs is 1. The lowest BCUT2D eigenvalue weighted by Gasteiger charge is -2.45. The molecule has 0 saturated carbocycles. The van der Waals surface area contributed by atoms with Crippen LogP contribution in [0.3, 0.4) is 0 Å².